The zero-order valence-electron chi connectivity index (χ0n) is 10.7. The second kappa shape index (κ2) is 4.69. The number of nitrogens with zero attached hydrogens (tertiary/aromatic N) is 1. The molecule has 5 heteroatoms. The second-order valence-electron chi connectivity index (χ2n) is 4.45. The molecule has 102 valence electrons. The lowest BCUT2D eigenvalue weighted by Gasteiger charge is -2.02. The van der Waals surface area contributed by atoms with Crippen LogP contribution in [0.2, 0.25) is 0 Å². The Kier molecular flexibility index (Phi) is 2.85. The molecule has 0 amide bonds. The number of allylic oxidation sites excluding steroid dienone is 1. The van der Waals surface area contributed by atoms with Gasteiger partial charge >= 0.3 is 0 Å². The van der Waals surface area contributed by atoms with Crippen molar-refractivity contribution in [3.8, 4) is 23.3 Å². The van der Waals surface area contributed by atoms with Crippen LogP contribution >= 0.6 is 0 Å². The summed E-state index contributed by atoms with van der Waals surface area (Å²) in [5.74, 6) is -1.32. The number of carbonyl (C=O) groups is 1. The van der Waals surface area contributed by atoms with Gasteiger partial charge in [-0.15, -0.1) is 0 Å². The van der Waals surface area contributed by atoms with Gasteiger partial charge in [-0.05, 0) is 29.8 Å². The highest BCUT2D eigenvalue weighted by atomic mass is 16.5. The van der Waals surface area contributed by atoms with E-state index in [1.54, 1.807) is 24.3 Å². The van der Waals surface area contributed by atoms with Gasteiger partial charge in [-0.3, -0.25) is 4.79 Å². The molecule has 0 fully saturated rings. The van der Waals surface area contributed by atoms with Crippen molar-refractivity contribution in [2.45, 2.75) is 0 Å². The van der Waals surface area contributed by atoms with Crippen molar-refractivity contribution >= 4 is 11.9 Å². The number of Topliss-reactive ketones (excluding diaryl/α,β-unsaturated/α-hetero) is 1. The smallest absolute Gasteiger partial charge is 0.232 e. The Morgan fingerprint density at radius 3 is 2.67 bits per heavy atom. The zero-order chi connectivity index (χ0) is 15.0. The van der Waals surface area contributed by atoms with Crippen LogP contribution in [-0.4, -0.2) is 16.0 Å². The molecule has 0 bridgehead atoms. The van der Waals surface area contributed by atoms with E-state index in [2.05, 4.69) is 0 Å². The highest BCUT2D eigenvalue weighted by Crippen LogP contribution is 2.44. The van der Waals surface area contributed by atoms with E-state index in [0.717, 1.165) is 0 Å². The molecule has 0 aromatic heterocycles. The largest absolute Gasteiger partial charge is 0.504 e. The van der Waals surface area contributed by atoms with Crippen molar-refractivity contribution in [3.63, 3.8) is 0 Å². The minimum absolute atomic E-state index is 0.00593. The first kappa shape index (κ1) is 12.8. The van der Waals surface area contributed by atoms with E-state index in [9.17, 15) is 15.0 Å². The minimum Gasteiger partial charge on any atom is -0.504 e. The molecule has 1 aliphatic heterocycles. The molecule has 0 spiro atoms. The number of ketones is 1. The number of phenols is 2. The van der Waals surface area contributed by atoms with Gasteiger partial charge in [0.2, 0.25) is 11.5 Å². The van der Waals surface area contributed by atoms with Crippen molar-refractivity contribution in [2.24, 2.45) is 0 Å². The molecule has 0 aliphatic carbocycles. The molecule has 5 nitrogen and oxygen atoms in total. The van der Waals surface area contributed by atoms with Gasteiger partial charge in [0.25, 0.3) is 0 Å². The summed E-state index contributed by atoms with van der Waals surface area (Å²) in [6.07, 6.45) is 1.44. The zero-order valence-corrected chi connectivity index (χ0v) is 10.7. The number of aromatic hydroxyl groups is 2. The van der Waals surface area contributed by atoms with Crippen molar-refractivity contribution in [3.05, 3.63) is 58.8 Å². The molecule has 0 radical (unpaired) electrons. The van der Waals surface area contributed by atoms with Crippen LogP contribution < -0.4 is 4.74 Å². The van der Waals surface area contributed by atoms with Gasteiger partial charge in [0.1, 0.15) is 0 Å². The molecular formula is C16H9NO4. The third kappa shape index (κ3) is 1.99. The molecule has 3 rings (SSSR count). The van der Waals surface area contributed by atoms with Crippen molar-refractivity contribution in [1.82, 2.24) is 0 Å². The quantitative estimate of drug-likeness (QED) is 0.618. The molecule has 0 unspecified atom stereocenters. The fraction of sp³-hybridized carbons (Fsp3) is 0. The Morgan fingerprint density at radius 2 is 1.90 bits per heavy atom. The maximum atomic E-state index is 12.2. The minimum atomic E-state index is -0.474. The van der Waals surface area contributed by atoms with Gasteiger partial charge in [0, 0.05) is 0 Å². The molecule has 2 N–H and O–H groups in total. The number of carbonyl (C=O) groups excluding carboxylic acids is 1. The first-order chi connectivity index (χ1) is 10.1. The summed E-state index contributed by atoms with van der Waals surface area (Å²) in [5, 5.41) is 28.2. The summed E-state index contributed by atoms with van der Waals surface area (Å²) >= 11 is 0. The van der Waals surface area contributed by atoms with Crippen molar-refractivity contribution in [1.29, 1.82) is 5.26 Å². The number of ether oxygens (including phenoxy) is 1. The topological polar surface area (TPSA) is 90.6 Å². The van der Waals surface area contributed by atoms with E-state index in [-0.39, 0.29) is 22.8 Å². The highest BCUT2D eigenvalue weighted by Gasteiger charge is 2.31. The average molecular weight is 279 g/mol. The van der Waals surface area contributed by atoms with Crippen LogP contribution in [0, 0.1) is 11.3 Å². The lowest BCUT2D eigenvalue weighted by molar-refractivity contribution is 0.101. The van der Waals surface area contributed by atoms with E-state index in [1.165, 1.54) is 18.2 Å². The third-order valence-electron chi connectivity index (χ3n) is 3.16. The van der Waals surface area contributed by atoms with Crippen LogP contribution in [-0.2, 0) is 0 Å². The van der Waals surface area contributed by atoms with Gasteiger partial charge in [0.15, 0.2) is 17.3 Å². The summed E-state index contributed by atoms with van der Waals surface area (Å²) in [6.45, 7) is 0. The van der Waals surface area contributed by atoms with Gasteiger partial charge in [-0.2, -0.15) is 5.26 Å². The number of hydrogen-bond acceptors (Lipinski definition) is 5. The lowest BCUT2D eigenvalue weighted by atomic mass is 10.1. The Bertz CT molecular complexity index is 831. The predicted molar refractivity (Wildman–Crippen MR) is 73.9 cm³/mol. The van der Waals surface area contributed by atoms with E-state index >= 15 is 0 Å². The predicted octanol–water partition coefficient (Wildman–Crippen LogP) is 2.59. The normalized spacial score (nSPS) is 14.6. The Hall–Kier alpha value is -3.26. The van der Waals surface area contributed by atoms with E-state index in [4.69, 9.17) is 10.00 Å². The Balaban J connectivity index is 2.08. The van der Waals surface area contributed by atoms with Crippen molar-refractivity contribution < 1.29 is 19.7 Å². The SMILES string of the molecule is N#Cc1ccccc1C=C1Oc2c(ccc(O)c2O)C1=O. The molecule has 0 saturated heterocycles. The first-order valence-electron chi connectivity index (χ1n) is 6.10. The van der Waals surface area contributed by atoms with Gasteiger partial charge in [-0.1, -0.05) is 18.2 Å². The molecule has 1 aliphatic rings. The van der Waals surface area contributed by atoms with Crippen LogP contribution in [0.25, 0.3) is 6.08 Å². The number of phenolic OH excluding ortho intramolecular Hbond substituents is 2. The van der Waals surface area contributed by atoms with Crippen LogP contribution in [0.1, 0.15) is 21.5 Å². The summed E-state index contributed by atoms with van der Waals surface area (Å²) in [6, 6.07) is 11.4. The number of fused-ring (bicyclic) bond motifs is 1. The van der Waals surface area contributed by atoms with E-state index in [1.807, 2.05) is 6.07 Å². The summed E-state index contributed by atoms with van der Waals surface area (Å²) in [5.41, 5.74) is 1.12. The number of rotatable bonds is 1. The van der Waals surface area contributed by atoms with Gasteiger partial charge in [0.05, 0.1) is 17.2 Å². The van der Waals surface area contributed by atoms with E-state index < -0.39 is 11.5 Å². The van der Waals surface area contributed by atoms with Crippen molar-refractivity contribution in [2.75, 3.05) is 0 Å². The van der Waals surface area contributed by atoms with Gasteiger partial charge in [-0.25, -0.2) is 0 Å². The molecule has 0 saturated carbocycles. The molecule has 1 heterocycles. The highest BCUT2D eigenvalue weighted by molar-refractivity contribution is 6.15. The van der Waals surface area contributed by atoms with Gasteiger partial charge < -0.3 is 14.9 Å². The lowest BCUT2D eigenvalue weighted by Crippen LogP contribution is -1.98. The Labute approximate surface area is 120 Å². The van der Waals surface area contributed by atoms with Crippen LogP contribution in [0.4, 0.5) is 0 Å². The molecule has 21 heavy (non-hydrogen) atoms. The summed E-state index contributed by atoms with van der Waals surface area (Å²) < 4.78 is 5.33. The average Bonchev–Trinajstić information content (AvgIpc) is 2.81. The monoisotopic (exact) mass is 279 g/mol. The molecule has 0 atom stereocenters. The fourth-order valence-corrected chi connectivity index (χ4v) is 2.09. The van der Waals surface area contributed by atoms with Crippen LogP contribution in [0.3, 0.4) is 0 Å². The maximum absolute atomic E-state index is 12.2. The molecule has 2 aromatic carbocycles. The standard InChI is InChI=1S/C16H9NO4/c17-8-10-4-2-1-3-9(10)7-13-14(19)11-5-6-12(18)15(20)16(11)21-13/h1-7,18,20H. The van der Waals surface area contributed by atoms with Crippen LogP contribution in [0.5, 0.6) is 17.2 Å². The molecular weight excluding hydrogens is 270 g/mol. The number of hydrogen-bond donors (Lipinski definition) is 2. The summed E-state index contributed by atoms with van der Waals surface area (Å²) in [7, 11) is 0. The molecule has 2 aromatic rings. The summed E-state index contributed by atoms with van der Waals surface area (Å²) in [4.78, 5) is 12.2. The number of benzene rings is 2. The third-order valence-corrected chi connectivity index (χ3v) is 3.16. The first-order valence-corrected chi connectivity index (χ1v) is 6.10. The Morgan fingerprint density at radius 1 is 1.14 bits per heavy atom. The maximum Gasteiger partial charge on any atom is 0.232 e. The fourth-order valence-electron chi connectivity index (χ4n) is 2.09. The van der Waals surface area contributed by atoms with E-state index in [0.29, 0.717) is 11.1 Å². The van der Waals surface area contributed by atoms with Crippen LogP contribution in [0.15, 0.2) is 42.2 Å². The number of nitriles is 1. The second-order valence-corrected chi connectivity index (χ2v) is 4.45.